The van der Waals surface area contributed by atoms with Gasteiger partial charge in [0.25, 0.3) is 5.56 Å². The Morgan fingerprint density at radius 3 is 2.24 bits per heavy atom. The maximum absolute atomic E-state index is 13.3. The molecule has 1 aliphatic rings. The predicted octanol–water partition coefficient (Wildman–Crippen LogP) is 3.76. The molecule has 1 N–H and O–H groups in total. The summed E-state index contributed by atoms with van der Waals surface area (Å²) in [5.74, 6) is 0.790. The zero-order chi connectivity index (χ0) is 23.6. The maximum atomic E-state index is 13.3. The van der Waals surface area contributed by atoms with Gasteiger partial charge >= 0.3 is 0 Å². The largest absolute Gasteiger partial charge is 0.385 e. The number of amides is 1. The van der Waals surface area contributed by atoms with Gasteiger partial charge in [-0.2, -0.15) is 0 Å². The van der Waals surface area contributed by atoms with E-state index in [0.717, 1.165) is 11.1 Å². The zero-order valence-electron chi connectivity index (χ0n) is 19.5. The number of carbonyl (C=O) groups is 1. The van der Waals surface area contributed by atoms with Gasteiger partial charge in [-0.15, -0.1) is 0 Å². The van der Waals surface area contributed by atoms with E-state index in [9.17, 15) is 14.7 Å². The summed E-state index contributed by atoms with van der Waals surface area (Å²) in [6.07, 6.45) is 1.03. The Bertz CT molecular complexity index is 1180. The molecular weight excluding hydrogens is 414 g/mol. The highest BCUT2D eigenvalue weighted by atomic mass is 16.3. The van der Waals surface area contributed by atoms with Crippen molar-refractivity contribution in [1.29, 1.82) is 0 Å². The van der Waals surface area contributed by atoms with Gasteiger partial charge in [-0.25, -0.2) is 4.98 Å². The molecule has 0 radical (unpaired) electrons. The lowest BCUT2D eigenvalue weighted by atomic mass is 9.82. The summed E-state index contributed by atoms with van der Waals surface area (Å²) in [6.45, 7) is 4.66. The summed E-state index contributed by atoms with van der Waals surface area (Å²) in [6, 6.07) is 19.5. The number of hydrogen-bond acceptors (Lipinski definition) is 4. The molecule has 1 aromatic heterocycles. The van der Waals surface area contributed by atoms with E-state index < -0.39 is 5.60 Å². The Morgan fingerprint density at radius 2 is 1.64 bits per heavy atom. The first kappa shape index (κ1) is 22.9. The van der Waals surface area contributed by atoms with Crippen molar-refractivity contribution in [3.05, 3.63) is 88.0 Å². The second-order valence-electron chi connectivity index (χ2n) is 9.04. The van der Waals surface area contributed by atoms with Crippen LogP contribution in [0.1, 0.15) is 49.1 Å². The summed E-state index contributed by atoms with van der Waals surface area (Å²) >= 11 is 0. The molecule has 2 heterocycles. The molecule has 0 saturated carbocycles. The van der Waals surface area contributed by atoms with Crippen molar-refractivity contribution in [2.45, 2.75) is 44.6 Å². The number of likely N-dealkylation sites (tertiary alicyclic amines) is 1. The van der Waals surface area contributed by atoms with Crippen molar-refractivity contribution in [1.82, 2.24) is 14.5 Å². The molecule has 172 valence electrons. The lowest BCUT2D eigenvalue weighted by Crippen LogP contribution is -2.48. The third kappa shape index (κ3) is 4.62. The molecular formula is C27H31N3O3. The summed E-state index contributed by atoms with van der Waals surface area (Å²) in [4.78, 5) is 32.7. The van der Waals surface area contributed by atoms with Crippen molar-refractivity contribution in [2.75, 3.05) is 13.1 Å². The van der Waals surface area contributed by atoms with Crippen LogP contribution in [-0.2, 0) is 17.4 Å². The molecule has 6 nitrogen and oxygen atoms in total. The Hall–Kier alpha value is -3.25. The van der Waals surface area contributed by atoms with Gasteiger partial charge in [0.05, 0.1) is 11.3 Å². The van der Waals surface area contributed by atoms with Crippen LogP contribution in [0.2, 0.25) is 0 Å². The molecule has 1 aliphatic heterocycles. The molecule has 33 heavy (non-hydrogen) atoms. The van der Waals surface area contributed by atoms with Gasteiger partial charge < -0.3 is 10.0 Å². The molecule has 1 amide bonds. The highest BCUT2D eigenvalue weighted by Crippen LogP contribution is 2.36. The smallest absolute Gasteiger partial charge is 0.259 e. The van der Waals surface area contributed by atoms with Crippen molar-refractivity contribution in [3.63, 3.8) is 0 Å². The average molecular weight is 446 g/mol. The van der Waals surface area contributed by atoms with E-state index in [1.54, 1.807) is 14.0 Å². The summed E-state index contributed by atoms with van der Waals surface area (Å²) in [5.41, 5.74) is 1.23. The quantitative estimate of drug-likeness (QED) is 0.649. The van der Waals surface area contributed by atoms with Crippen LogP contribution in [0.15, 0.2) is 65.5 Å². The number of nitrogens with zero attached hydrogens (tertiary/aromatic N) is 3. The number of aryl methyl sites for hydroxylation is 1. The number of piperidine rings is 1. The van der Waals surface area contributed by atoms with E-state index in [1.165, 1.54) is 4.57 Å². The monoisotopic (exact) mass is 445 g/mol. The maximum Gasteiger partial charge on any atom is 0.259 e. The lowest BCUT2D eigenvalue weighted by molar-refractivity contribution is -0.136. The van der Waals surface area contributed by atoms with Crippen LogP contribution in [0, 0.1) is 6.92 Å². The fourth-order valence-electron chi connectivity index (χ4n) is 4.60. The first-order valence-corrected chi connectivity index (χ1v) is 11.5. The van der Waals surface area contributed by atoms with E-state index in [0.29, 0.717) is 49.4 Å². The standard InChI is InChI=1S/C27H31N3O3/c1-19(21-10-6-4-7-11-21)18-23(31)30-16-14-27(33,15-17-30)24-25(22-12-8-5-9-13-22)28-20(2)29(3)26(24)32/h4-13,19,33H,14-18H2,1-3H3. The molecule has 1 unspecified atom stereocenters. The third-order valence-corrected chi connectivity index (χ3v) is 6.82. The van der Waals surface area contributed by atoms with Crippen LogP contribution >= 0.6 is 0 Å². The second kappa shape index (κ2) is 9.32. The van der Waals surface area contributed by atoms with Crippen molar-refractivity contribution >= 4 is 5.91 Å². The first-order valence-electron chi connectivity index (χ1n) is 11.5. The van der Waals surface area contributed by atoms with Crippen LogP contribution in [0.25, 0.3) is 11.3 Å². The Balaban J connectivity index is 1.56. The van der Waals surface area contributed by atoms with E-state index in [-0.39, 0.29) is 17.4 Å². The number of aromatic nitrogens is 2. The second-order valence-corrected chi connectivity index (χ2v) is 9.04. The lowest BCUT2D eigenvalue weighted by Gasteiger charge is -2.39. The molecule has 0 bridgehead atoms. The molecule has 0 spiro atoms. The fourth-order valence-corrected chi connectivity index (χ4v) is 4.60. The van der Waals surface area contributed by atoms with Crippen LogP contribution in [0.5, 0.6) is 0 Å². The van der Waals surface area contributed by atoms with Crippen molar-refractivity contribution in [3.8, 4) is 11.3 Å². The molecule has 4 rings (SSSR count). The summed E-state index contributed by atoms with van der Waals surface area (Å²) in [5, 5.41) is 11.6. The van der Waals surface area contributed by atoms with Crippen LogP contribution in [0.3, 0.4) is 0 Å². The Morgan fingerprint density at radius 1 is 1.06 bits per heavy atom. The van der Waals surface area contributed by atoms with Crippen LogP contribution < -0.4 is 5.56 Å². The minimum Gasteiger partial charge on any atom is -0.385 e. The van der Waals surface area contributed by atoms with Gasteiger partial charge in [-0.3, -0.25) is 14.2 Å². The molecule has 1 saturated heterocycles. The highest BCUT2D eigenvalue weighted by molar-refractivity contribution is 5.77. The minimum absolute atomic E-state index is 0.0756. The third-order valence-electron chi connectivity index (χ3n) is 6.82. The number of carbonyl (C=O) groups excluding carboxylic acids is 1. The molecule has 2 aromatic carbocycles. The SMILES string of the molecule is Cc1nc(-c2ccccc2)c(C2(O)CCN(C(=O)CC(C)c3ccccc3)CC2)c(=O)n1C. The normalized spacial score (nSPS) is 16.4. The van der Waals surface area contributed by atoms with Gasteiger partial charge in [-0.1, -0.05) is 67.6 Å². The number of hydrogen-bond donors (Lipinski definition) is 1. The predicted molar refractivity (Wildman–Crippen MR) is 129 cm³/mol. The molecule has 6 heteroatoms. The van der Waals surface area contributed by atoms with Gasteiger partial charge in [0, 0.05) is 32.1 Å². The molecule has 1 fully saturated rings. The van der Waals surface area contributed by atoms with E-state index in [2.05, 4.69) is 11.9 Å². The van der Waals surface area contributed by atoms with Gasteiger partial charge in [0.15, 0.2) is 0 Å². The van der Waals surface area contributed by atoms with Gasteiger partial charge in [0.2, 0.25) is 5.91 Å². The molecule has 0 aliphatic carbocycles. The summed E-state index contributed by atoms with van der Waals surface area (Å²) in [7, 11) is 1.68. The first-order chi connectivity index (χ1) is 15.8. The fraction of sp³-hybridized carbons (Fsp3) is 0.370. The number of rotatable bonds is 5. The Labute approximate surface area is 194 Å². The number of benzene rings is 2. The van der Waals surface area contributed by atoms with E-state index in [1.807, 2.05) is 65.6 Å². The molecule has 3 aromatic rings. The highest BCUT2D eigenvalue weighted by Gasteiger charge is 2.40. The van der Waals surface area contributed by atoms with Gasteiger partial charge in [0.1, 0.15) is 11.4 Å². The van der Waals surface area contributed by atoms with E-state index in [4.69, 9.17) is 0 Å². The van der Waals surface area contributed by atoms with Crippen molar-refractivity contribution < 1.29 is 9.90 Å². The summed E-state index contributed by atoms with van der Waals surface area (Å²) < 4.78 is 1.48. The Kier molecular flexibility index (Phi) is 6.47. The topological polar surface area (TPSA) is 75.4 Å². The van der Waals surface area contributed by atoms with Crippen LogP contribution in [-0.4, -0.2) is 38.6 Å². The zero-order valence-corrected chi connectivity index (χ0v) is 19.5. The van der Waals surface area contributed by atoms with E-state index >= 15 is 0 Å². The average Bonchev–Trinajstić information content (AvgIpc) is 2.83. The van der Waals surface area contributed by atoms with Crippen LogP contribution in [0.4, 0.5) is 0 Å². The van der Waals surface area contributed by atoms with Gasteiger partial charge in [-0.05, 0) is 31.2 Å². The molecule has 1 atom stereocenters. The minimum atomic E-state index is -1.33. The van der Waals surface area contributed by atoms with Crippen molar-refractivity contribution in [2.24, 2.45) is 7.05 Å². The number of aliphatic hydroxyl groups is 1.